The van der Waals surface area contributed by atoms with Crippen LogP contribution < -0.4 is 10.2 Å². The van der Waals surface area contributed by atoms with E-state index in [1.165, 1.54) is 11.1 Å². The summed E-state index contributed by atoms with van der Waals surface area (Å²) in [7, 11) is 0. The first-order valence-corrected chi connectivity index (χ1v) is 7.41. The Balaban J connectivity index is 2.86. The number of nitrogens with one attached hydrogen (secondary N) is 1. The quantitative estimate of drug-likeness (QED) is 0.816. The molecule has 19 heavy (non-hydrogen) atoms. The van der Waals surface area contributed by atoms with Crippen LogP contribution in [0, 0.1) is 6.92 Å². The first-order chi connectivity index (χ1) is 8.95. The van der Waals surface area contributed by atoms with Gasteiger partial charge in [-0.3, -0.25) is 0 Å². The van der Waals surface area contributed by atoms with E-state index in [1.807, 2.05) is 6.20 Å². The normalized spacial score (nSPS) is 11.4. The molecule has 0 aliphatic rings. The van der Waals surface area contributed by atoms with Gasteiger partial charge in [0.2, 0.25) is 0 Å². The molecule has 0 aliphatic heterocycles. The summed E-state index contributed by atoms with van der Waals surface area (Å²) in [6, 6.07) is 3.25. The van der Waals surface area contributed by atoms with Crippen LogP contribution in [0.15, 0.2) is 12.3 Å². The van der Waals surface area contributed by atoms with Crippen LogP contribution in [0.2, 0.25) is 0 Å². The van der Waals surface area contributed by atoms with Gasteiger partial charge in [-0.15, -0.1) is 0 Å². The highest BCUT2D eigenvalue weighted by atomic mass is 15.2. The van der Waals surface area contributed by atoms with Crippen molar-refractivity contribution in [2.45, 2.75) is 66.6 Å². The Morgan fingerprint density at radius 3 is 2.42 bits per heavy atom. The van der Waals surface area contributed by atoms with Crippen molar-refractivity contribution in [2.24, 2.45) is 0 Å². The van der Waals surface area contributed by atoms with E-state index >= 15 is 0 Å². The monoisotopic (exact) mass is 263 g/mol. The van der Waals surface area contributed by atoms with E-state index in [-0.39, 0.29) is 0 Å². The highest BCUT2D eigenvalue weighted by Crippen LogP contribution is 2.20. The molecule has 108 valence electrons. The van der Waals surface area contributed by atoms with Gasteiger partial charge in [0.25, 0.3) is 0 Å². The summed E-state index contributed by atoms with van der Waals surface area (Å²) in [6.07, 6.45) is 3.15. The molecule has 0 aliphatic carbocycles. The predicted molar refractivity (Wildman–Crippen MR) is 83.7 cm³/mol. The molecule has 3 heteroatoms. The molecule has 0 saturated heterocycles. The molecule has 1 N–H and O–H groups in total. The summed E-state index contributed by atoms with van der Waals surface area (Å²) < 4.78 is 0. The zero-order valence-electron chi connectivity index (χ0n) is 13.3. The van der Waals surface area contributed by atoms with Gasteiger partial charge in [-0.1, -0.05) is 20.8 Å². The largest absolute Gasteiger partial charge is 0.354 e. The molecule has 0 unspecified atom stereocenters. The minimum absolute atomic E-state index is 0.491. The Morgan fingerprint density at radius 2 is 1.95 bits per heavy atom. The molecular weight excluding hydrogens is 234 g/mol. The van der Waals surface area contributed by atoms with Crippen molar-refractivity contribution in [1.82, 2.24) is 10.3 Å². The maximum atomic E-state index is 4.68. The molecule has 0 spiro atoms. The Kier molecular flexibility index (Phi) is 6.29. The van der Waals surface area contributed by atoms with Gasteiger partial charge in [-0.2, -0.15) is 0 Å². The van der Waals surface area contributed by atoms with E-state index in [2.05, 4.69) is 62.8 Å². The van der Waals surface area contributed by atoms with Crippen molar-refractivity contribution in [1.29, 1.82) is 0 Å². The number of hydrogen-bond donors (Lipinski definition) is 1. The van der Waals surface area contributed by atoms with E-state index in [9.17, 15) is 0 Å². The van der Waals surface area contributed by atoms with Gasteiger partial charge in [0, 0.05) is 31.4 Å². The van der Waals surface area contributed by atoms with Crippen LogP contribution in [0.3, 0.4) is 0 Å². The number of aromatic nitrogens is 1. The lowest BCUT2D eigenvalue weighted by Crippen LogP contribution is -2.33. The number of pyridine rings is 1. The van der Waals surface area contributed by atoms with Crippen LogP contribution in [0.25, 0.3) is 0 Å². The standard InChI is InChI=1S/C16H29N3/c1-7-8-19(13(4)5)16-14(6)9-15(11-18-16)10-17-12(2)3/h9,11-13,17H,7-8,10H2,1-6H3. The van der Waals surface area contributed by atoms with Crippen LogP contribution in [-0.4, -0.2) is 23.6 Å². The molecule has 0 amide bonds. The van der Waals surface area contributed by atoms with Crippen molar-refractivity contribution in [2.75, 3.05) is 11.4 Å². The summed E-state index contributed by atoms with van der Waals surface area (Å²) in [5, 5.41) is 3.43. The van der Waals surface area contributed by atoms with E-state index in [0.717, 1.165) is 25.3 Å². The summed E-state index contributed by atoms with van der Waals surface area (Å²) >= 11 is 0. The Bertz CT molecular complexity index is 386. The summed E-state index contributed by atoms with van der Waals surface area (Å²) in [4.78, 5) is 7.07. The van der Waals surface area contributed by atoms with E-state index in [1.54, 1.807) is 0 Å². The first kappa shape index (κ1) is 16.0. The molecule has 0 radical (unpaired) electrons. The van der Waals surface area contributed by atoms with Crippen molar-refractivity contribution in [3.63, 3.8) is 0 Å². The fraction of sp³-hybridized carbons (Fsp3) is 0.688. The molecular formula is C16H29N3. The average molecular weight is 263 g/mol. The second kappa shape index (κ2) is 7.49. The van der Waals surface area contributed by atoms with Crippen LogP contribution >= 0.6 is 0 Å². The van der Waals surface area contributed by atoms with Gasteiger partial charge in [-0.05, 0) is 44.4 Å². The maximum absolute atomic E-state index is 4.68. The minimum Gasteiger partial charge on any atom is -0.354 e. The molecule has 1 aromatic heterocycles. The number of hydrogen-bond acceptors (Lipinski definition) is 3. The molecule has 0 atom stereocenters. The van der Waals surface area contributed by atoms with Gasteiger partial charge >= 0.3 is 0 Å². The predicted octanol–water partition coefficient (Wildman–Crippen LogP) is 3.51. The number of nitrogens with zero attached hydrogens (tertiary/aromatic N) is 2. The smallest absolute Gasteiger partial charge is 0.131 e. The van der Waals surface area contributed by atoms with E-state index in [0.29, 0.717) is 12.1 Å². The SMILES string of the molecule is CCCN(c1ncc(CNC(C)C)cc1C)C(C)C. The van der Waals surface area contributed by atoms with Crippen molar-refractivity contribution >= 4 is 5.82 Å². The summed E-state index contributed by atoms with van der Waals surface area (Å²) in [5.74, 6) is 1.13. The molecule has 1 heterocycles. The molecule has 0 bridgehead atoms. The van der Waals surface area contributed by atoms with E-state index in [4.69, 9.17) is 0 Å². The fourth-order valence-corrected chi connectivity index (χ4v) is 2.19. The number of anilines is 1. The Labute approximate surface area is 118 Å². The average Bonchev–Trinajstić information content (AvgIpc) is 2.34. The minimum atomic E-state index is 0.491. The van der Waals surface area contributed by atoms with Crippen molar-refractivity contribution < 1.29 is 0 Å². The zero-order valence-corrected chi connectivity index (χ0v) is 13.3. The first-order valence-electron chi connectivity index (χ1n) is 7.41. The lowest BCUT2D eigenvalue weighted by atomic mass is 10.1. The second-order valence-electron chi connectivity index (χ2n) is 5.81. The summed E-state index contributed by atoms with van der Waals surface area (Å²) in [5.41, 5.74) is 2.53. The van der Waals surface area contributed by atoms with Gasteiger partial charge in [-0.25, -0.2) is 4.98 Å². The zero-order chi connectivity index (χ0) is 14.4. The van der Waals surface area contributed by atoms with Crippen molar-refractivity contribution in [3.05, 3.63) is 23.4 Å². The molecule has 0 fully saturated rings. The molecule has 0 saturated carbocycles. The fourth-order valence-electron chi connectivity index (χ4n) is 2.19. The molecule has 3 nitrogen and oxygen atoms in total. The Hall–Kier alpha value is -1.09. The van der Waals surface area contributed by atoms with Gasteiger partial charge in [0.1, 0.15) is 5.82 Å². The van der Waals surface area contributed by atoms with Gasteiger partial charge in [0.05, 0.1) is 0 Å². The lowest BCUT2D eigenvalue weighted by molar-refractivity contribution is 0.587. The van der Waals surface area contributed by atoms with Gasteiger partial charge in [0.15, 0.2) is 0 Å². The number of rotatable bonds is 7. The lowest BCUT2D eigenvalue weighted by Gasteiger charge is -2.29. The highest BCUT2D eigenvalue weighted by Gasteiger charge is 2.13. The summed E-state index contributed by atoms with van der Waals surface area (Å²) in [6.45, 7) is 15.1. The van der Waals surface area contributed by atoms with Crippen LogP contribution in [0.1, 0.15) is 52.2 Å². The number of aryl methyl sites for hydroxylation is 1. The maximum Gasteiger partial charge on any atom is 0.131 e. The molecule has 1 rings (SSSR count). The van der Waals surface area contributed by atoms with Crippen molar-refractivity contribution in [3.8, 4) is 0 Å². The van der Waals surface area contributed by atoms with Crippen LogP contribution in [-0.2, 0) is 6.54 Å². The van der Waals surface area contributed by atoms with Gasteiger partial charge < -0.3 is 10.2 Å². The molecule has 0 aromatic carbocycles. The third kappa shape index (κ3) is 4.83. The van der Waals surface area contributed by atoms with E-state index < -0.39 is 0 Å². The van der Waals surface area contributed by atoms with Crippen LogP contribution in [0.5, 0.6) is 0 Å². The third-order valence-corrected chi connectivity index (χ3v) is 3.18. The second-order valence-corrected chi connectivity index (χ2v) is 5.81. The van der Waals surface area contributed by atoms with Crippen LogP contribution in [0.4, 0.5) is 5.82 Å². The Morgan fingerprint density at radius 1 is 1.26 bits per heavy atom. The highest BCUT2D eigenvalue weighted by molar-refractivity contribution is 5.48. The topological polar surface area (TPSA) is 28.2 Å². The third-order valence-electron chi connectivity index (χ3n) is 3.18. The molecule has 1 aromatic rings.